The molecule has 0 aliphatic heterocycles. The van der Waals surface area contributed by atoms with E-state index in [1.165, 1.54) is 24.2 Å². The van der Waals surface area contributed by atoms with Crippen LogP contribution >= 0.6 is 11.3 Å². The van der Waals surface area contributed by atoms with Gasteiger partial charge in [0.2, 0.25) is 0 Å². The summed E-state index contributed by atoms with van der Waals surface area (Å²) in [7, 11) is 0. The van der Waals surface area contributed by atoms with E-state index in [1.54, 1.807) is 6.20 Å². The molecular weight excluding hydrogens is 208 g/mol. The van der Waals surface area contributed by atoms with Gasteiger partial charge in [-0.05, 0) is 25.2 Å². The molecule has 3 nitrogen and oxygen atoms in total. The molecule has 4 heteroatoms. The Morgan fingerprint density at radius 3 is 3.00 bits per heavy atom. The van der Waals surface area contributed by atoms with Gasteiger partial charge in [-0.2, -0.15) is 0 Å². The quantitative estimate of drug-likeness (QED) is 0.696. The maximum Gasteiger partial charge on any atom is 0.185 e. The Hall–Kier alpha value is -0.900. The molecule has 2 rings (SSSR count). The van der Waals surface area contributed by atoms with E-state index in [-0.39, 0.29) is 0 Å². The molecule has 82 valence electrons. The fourth-order valence-corrected chi connectivity index (χ4v) is 2.39. The number of hydrogen-bond acceptors (Lipinski definition) is 4. The van der Waals surface area contributed by atoms with Gasteiger partial charge in [0.25, 0.3) is 0 Å². The number of carbonyl (C=O) groups excluding carboxylic acids is 1. The first-order chi connectivity index (χ1) is 7.33. The first-order valence-corrected chi connectivity index (χ1v) is 6.31. The van der Waals surface area contributed by atoms with Crippen molar-refractivity contribution in [3.05, 3.63) is 11.1 Å². The van der Waals surface area contributed by atoms with Crippen LogP contribution in [0.5, 0.6) is 0 Å². The van der Waals surface area contributed by atoms with E-state index in [4.69, 9.17) is 0 Å². The van der Waals surface area contributed by atoms with E-state index >= 15 is 0 Å². The minimum Gasteiger partial charge on any atom is -0.348 e. The van der Waals surface area contributed by atoms with Gasteiger partial charge in [-0.3, -0.25) is 4.79 Å². The van der Waals surface area contributed by atoms with Crippen molar-refractivity contribution in [3.63, 3.8) is 0 Å². The predicted molar refractivity (Wildman–Crippen MR) is 62.7 cm³/mol. The topological polar surface area (TPSA) is 33.2 Å². The summed E-state index contributed by atoms with van der Waals surface area (Å²) in [5.74, 6) is 0.861. The molecule has 1 heterocycles. The van der Waals surface area contributed by atoms with Gasteiger partial charge in [-0.15, -0.1) is 0 Å². The SMILES string of the molecule is CCCN(CC1CC1)c1ncc(C=O)s1. The molecule has 1 aromatic rings. The number of thiazole rings is 1. The molecule has 0 amide bonds. The lowest BCUT2D eigenvalue weighted by atomic mass is 10.3. The summed E-state index contributed by atoms with van der Waals surface area (Å²) in [5.41, 5.74) is 0. The molecule has 0 spiro atoms. The highest BCUT2D eigenvalue weighted by Crippen LogP contribution is 2.32. The Balaban J connectivity index is 2.03. The molecule has 0 unspecified atom stereocenters. The largest absolute Gasteiger partial charge is 0.348 e. The van der Waals surface area contributed by atoms with Crippen LogP contribution in [0.1, 0.15) is 35.9 Å². The van der Waals surface area contributed by atoms with Gasteiger partial charge in [0.05, 0.1) is 11.1 Å². The van der Waals surface area contributed by atoms with Gasteiger partial charge in [0, 0.05) is 13.1 Å². The third kappa shape index (κ3) is 2.78. The predicted octanol–water partition coefficient (Wildman–Crippen LogP) is 2.58. The van der Waals surface area contributed by atoms with Crippen molar-refractivity contribution in [2.75, 3.05) is 18.0 Å². The first kappa shape index (κ1) is 10.6. The third-order valence-corrected chi connectivity index (χ3v) is 3.55. The van der Waals surface area contributed by atoms with E-state index < -0.39 is 0 Å². The van der Waals surface area contributed by atoms with Crippen LogP contribution in [0.25, 0.3) is 0 Å². The molecule has 1 fully saturated rings. The van der Waals surface area contributed by atoms with Crippen LogP contribution in [0.4, 0.5) is 5.13 Å². The smallest absolute Gasteiger partial charge is 0.185 e. The fourth-order valence-electron chi connectivity index (χ4n) is 1.62. The number of aldehydes is 1. The lowest BCUT2D eigenvalue weighted by Crippen LogP contribution is -2.26. The maximum atomic E-state index is 10.6. The van der Waals surface area contributed by atoms with Crippen molar-refractivity contribution in [1.29, 1.82) is 0 Å². The minimum atomic E-state index is 0.724. The second-order valence-electron chi connectivity index (χ2n) is 4.05. The zero-order valence-electron chi connectivity index (χ0n) is 8.98. The number of anilines is 1. The summed E-state index contributed by atoms with van der Waals surface area (Å²) < 4.78 is 0. The van der Waals surface area contributed by atoms with Gasteiger partial charge in [-0.1, -0.05) is 18.3 Å². The molecule has 1 aromatic heterocycles. The monoisotopic (exact) mass is 224 g/mol. The average Bonchev–Trinajstić information content (AvgIpc) is 2.94. The number of carbonyl (C=O) groups is 1. The summed E-state index contributed by atoms with van der Waals surface area (Å²) in [6, 6.07) is 0. The molecule has 1 aliphatic rings. The van der Waals surface area contributed by atoms with E-state index in [2.05, 4.69) is 16.8 Å². The molecule has 1 aliphatic carbocycles. The number of hydrogen-bond donors (Lipinski definition) is 0. The van der Waals surface area contributed by atoms with Crippen molar-refractivity contribution >= 4 is 22.8 Å². The van der Waals surface area contributed by atoms with Crippen molar-refractivity contribution in [2.45, 2.75) is 26.2 Å². The molecule has 0 bridgehead atoms. The van der Waals surface area contributed by atoms with Gasteiger partial charge >= 0.3 is 0 Å². The lowest BCUT2D eigenvalue weighted by Gasteiger charge is -2.20. The normalized spacial score (nSPS) is 15.3. The number of aromatic nitrogens is 1. The summed E-state index contributed by atoms with van der Waals surface area (Å²) in [4.78, 5) is 17.9. The van der Waals surface area contributed by atoms with Gasteiger partial charge in [0.1, 0.15) is 0 Å². The van der Waals surface area contributed by atoms with Crippen LogP contribution in [0.2, 0.25) is 0 Å². The minimum absolute atomic E-state index is 0.724. The molecular formula is C11H16N2OS. The Labute approximate surface area is 94.1 Å². The summed E-state index contributed by atoms with van der Waals surface area (Å²) in [6.45, 7) is 4.33. The Bertz CT molecular complexity index is 333. The van der Waals surface area contributed by atoms with Gasteiger partial charge in [-0.25, -0.2) is 4.98 Å². The van der Waals surface area contributed by atoms with E-state index in [1.807, 2.05) is 0 Å². The zero-order chi connectivity index (χ0) is 10.7. The first-order valence-electron chi connectivity index (χ1n) is 5.49. The van der Waals surface area contributed by atoms with Crippen LogP contribution in [0, 0.1) is 5.92 Å². The standard InChI is InChI=1S/C11H16N2OS/c1-2-5-13(7-9-3-4-9)11-12-6-10(8-14)15-11/h6,8-9H,2-5,7H2,1H3. The molecule has 15 heavy (non-hydrogen) atoms. The Kier molecular flexibility index (Phi) is 3.36. The molecule has 0 radical (unpaired) electrons. The summed E-state index contributed by atoms with van der Waals surface area (Å²) in [5, 5.41) is 1.01. The van der Waals surface area contributed by atoms with Crippen LogP contribution in [-0.2, 0) is 0 Å². The van der Waals surface area contributed by atoms with Gasteiger partial charge < -0.3 is 4.90 Å². The van der Waals surface area contributed by atoms with Crippen LogP contribution in [0.3, 0.4) is 0 Å². The highest BCUT2D eigenvalue weighted by molar-refractivity contribution is 7.17. The zero-order valence-corrected chi connectivity index (χ0v) is 9.80. The average molecular weight is 224 g/mol. The summed E-state index contributed by atoms with van der Waals surface area (Å²) in [6.07, 6.45) is 6.38. The summed E-state index contributed by atoms with van der Waals surface area (Å²) >= 11 is 1.50. The fraction of sp³-hybridized carbons (Fsp3) is 0.636. The molecule has 1 saturated carbocycles. The maximum absolute atomic E-state index is 10.6. The van der Waals surface area contributed by atoms with Crippen LogP contribution in [0.15, 0.2) is 6.20 Å². The van der Waals surface area contributed by atoms with Crippen molar-refractivity contribution in [3.8, 4) is 0 Å². The highest BCUT2D eigenvalue weighted by Gasteiger charge is 2.25. The van der Waals surface area contributed by atoms with Crippen LogP contribution in [-0.4, -0.2) is 24.4 Å². The van der Waals surface area contributed by atoms with Crippen molar-refractivity contribution in [1.82, 2.24) is 4.98 Å². The van der Waals surface area contributed by atoms with E-state index in [0.29, 0.717) is 0 Å². The lowest BCUT2D eigenvalue weighted by molar-refractivity contribution is 0.112. The second-order valence-corrected chi connectivity index (χ2v) is 5.09. The van der Waals surface area contributed by atoms with Crippen molar-refractivity contribution in [2.24, 2.45) is 5.92 Å². The molecule has 0 saturated heterocycles. The highest BCUT2D eigenvalue weighted by atomic mass is 32.1. The van der Waals surface area contributed by atoms with Gasteiger partial charge in [0.15, 0.2) is 11.4 Å². The Morgan fingerprint density at radius 1 is 1.67 bits per heavy atom. The van der Waals surface area contributed by atoms with Crippen LogP contribution < -0.4 is 4.90 Å². The molecule has 0 N–H and O–H groups in total. The van der Waals surface area contributed by atoms with E-state index in [0.717, 1.165) is 41.7 Å². The molecule has 0 aromatic carbocycles. The third-order valence-electron chi connectivity index (χ3n) is 2.57. The molecule has 0 atom stereocenters. The van der Waals surface area contributed by atoms with E-state index in [9.17, 15) is 4.79 Å². The number of nitrogens with zero attached hydrogens (tertiary/aromatic N) is 2. The number of rotatable bonds is 6. The second kappa shape index (κ2) is 4.75. The Morgan fingerprint density at radius 2 is 2.47 bits per heavy atom. The van der Waals surface area contributed by atoms with Crippen molar-refractivity contribution < 1.29 is 4.79 Å².